The van der Waals surface area contributed by atoms with Gasteiger partial charge in [0.1, 0.15) is 11.2 Å². The summed E-state index contributed by atoms with van der Waals surface area (Å²) in [5.41, 5.74) is 26.4. The van der Waals surface area contributed by atoms with Gasteiger partial charge in [0.25, 0.3) is 0 Å². The van der Waals surface area contributed by atoms with E-state index in [-0.39, 0.29) is 0 Å². The number of nitrogens with zero attached hydrogens (tertiary/aromatic N) is 1. The van der Waals surface area contributed by atoms with Crippen molar-refractivity contribution in [3.63, 3.8) is 0 Å². The number of para-hydroxylation sites is 1. The second-order valence-electron chi connectivity index (χ2n) is 20.6. The molecule has 1 aromatic heterocycles. The highest BCUT2D eigenvalue weighted by molar-refractivity contribution is 6.14. The van der Waals surface area contributed by atoms with E-state index in [4.69, 9.17) is 4.42 Å². The Morgan fingerprint density at radius 1 is 0.276 bits per heavy atom. The van der Waals surface area contributed by atoms with Crippen LogP contribution >= 0.6 is 0 Å². The van der Waals surface area contributed by atoms with Crippen molar-refractivity contribution >= 4 is 39.0 Å². The summed E-state index contributed by atoms with van der Waals surface area (Å²) in [6, 6.07) is 106. The van der Waals surface area contributed by atoms with Crippen LogP contribution in [0.15, 0.2) is 290 Å². The molecule has 0 radical (unpaired) electrons. The largest absolute Gasteiger partial charge is 0.456 e. The van der Waals surface area contributed by atoms with Crippen molar-refractivity contribution in [1.82, 2.24) is 0 Å². The lowest BCUT2D eigenvalue weighted by Crippen LogP contribution is -2.28. The number of fused-ring (bicyclic) bond motifs is 16. The molecule has 0 N–H and O–H groups in total. The Labute approximate surface area is 442 Å². The highest BCUT2D eigenvalue weighted by Gasteiger charge is 2.53. The maximum Gasteiger partial charge on any atom is 0.137 e. The van der Waals surface area contributed by atoms with Crippen LogP contribution in [0.1, 0.15) is 44.5 Å². The predicted octanol–water partition coefficient (Wildman–Crippen LogP) is 19.1. The first-order valence-electron chi connectivity index (χ1n) is 26.4. The topological polar surface area (TPSA) is 16.4 Å². The lowest BCUT2D eigenvalue weighted by molar-refractivity contribution is 0.669. The maximum atomic E-state index is 6.71. The third-order valence-electron chi connectivity index (χ3n) is 17.0. The fourth-order valence-corrected chi connectivity index (χ4v) is 13.9. The van der Waals surface area contributed by atoms with Gasteiger partial charge in [-0.2, -0.15) is 0 Å². The molecule has 1 heterocycles. The van der Waals surface area contributed by atoms with Gasteiger partial charge in [-0.15, -0.1) is 0 Å². The molecule has 12 aromatic carbocycles. The van der Waals surface area contributed by atoms with Crippen LogP contribution in [-0.2, 0) is 10.8 Å². The lowest BCUT2D eigenvalue weighted by Gasteiger charge is -2.35. The molecule has 13 aromatic rings. The summed E-state index contributed by atoms with van der Waals surface area (Å²) in [6.45, 7) is 0. The van der Waals surface area contributed by atoms with E-state index in [1.807, 2.05) is 0 Å². The zero-order valence-electron chi connectivity index (χ0n) is 41.5. The van der Waals surface area contributed by atoms with Gasteiger partial charge < -0.3 is 9.32 Å². The van der Waals surface area contributed by atoms with Crippen molar-refractivity contribution in [3.8, 4) is 55.6 Å². The van der Waals surface area contributed by atoms with E-state index in [9.17, 15) is 0 Å². The molecule has 0 saturated carbocycles. The summed E-state index contributed by atoms with van der Waals surface area (Å²) in [6.07, 6.45) is 0. The molecule has 1 spiro atoms. The number of furan rings is 1. The molecule has 3 aliphatic rings. The fourth-order valence-electron chi connectivity index (χ4n) is 13.9. The minimum Gasteiger partial charge on any atom is -0.456 e. The summed E-state index contributed by atoms with van der Waals surface area (Å²) < 4.78 is 6.71. The van der Waals surface area contributed by atoms with Crippen LogP contribution in [0.3, 0.4) is 0 Å². The van der Waals surface area contributed by atoms with E-state index in [2.05, 4.69) is 290 Å². The normalized spacial score (nSPS) is 13.7. The summed E-state index contributed by atoms with van der Waals surface area (Å²) >= 11 is 0. The molecule has 3 aliphatic carbocycles. The first-order chi connectivity index (χ1) is 37.7. The third-order valence-corrected chi connectivity index (χ3v) is 17.0. The Kier molecular flexibility index (Phi) is 9.20. The molecule has 2 nitrogen and oxygen atoms in total. The van der Waals surface area contributed by atoms with Gasteiger partial charge in [-0.3, -0.25) is 0 Å². The summed E-state index contributed by atoms with van der Waals surface area (Å²) in [5, 5.41) is 2.17. The average molecular weight is 966 g/mol. The second kappa shape index (κ2) is 16.4. The van der Waals surface area contributed by atoms with E-state index in [1.165, 1.54) is 100 Å². The molecule has 0 amide bonds. The van der Waals surface area contributed by atoms with Crippen molar-refractivity contribution in [1.29, 1.82) is 0 Å². The van der Waals surface area contributed by atoms with E-state index < -0.39 is 10.8 Å². The Bertz CT molecular complexity index is 4320. The van der Waals surface area contributed by atoms with Crippen LogP contribution in [-0.4, -0.2) is 0 Å². The Morgan fingerprint density at radius 2 is 0.711 bits per heavy atom. The summed E-state index contributed by atoms with van der Waals surface area (Å²) in [7, 11) is 0. The standard InChI is InChI=1S/C74H47NO/c1-3-19-48(20-4-1)50-37-41-52(42-38-50)73(53-43-39-51(40-44-53)49-21-5-2-6-22-49)61-28-12-9-25-57(61)60-47-54(45-46-65(60)73)75(68-34-18-36-70-72(68)59-27-11-16-35-69(59)76-70)67-33-17-32-66-71(67)58-26-10-15-31-64(58)74(66)62-29-13-7-23-55(62)56-24-8-14-30-63(56)74/h1-47H. The van der Waals surface area contributed by atoms with E-state index >= 15 is 0 Å². The molecule has 0 atom stereocenters. The number of anilines is 3. The van der Waals surface area contributed by atoms with Gasteiger partial charge in [0.2, 0.25) is 0 Å². The number of rotatable bonds is 7. The molecule has 0 unspecified atom stereocenters. The van der Waals surface area contributed by atoms with E-state index in [0.29, 0.717) is 0 Å². The van der Waals surface area contributed by atoms with Crippen LogP contribution in [0.25, 0.3) is 77.6 Å². The van der Waals surface area contributed by atoms with Crippen LogP contribution < -0.4 is 4.90 Å². The Balaban J connectivity index is 0.970. The monoisotopic (exact) mass is 965 g/mol. The number of hydrogen-bond donors (Lipinski definition) is 0. The fraction of sp³-hybridized carbons (Fsp3) is 0.0270. The van der Waals surface area contributed by atoms with Crippen molar-refractivity contribution in [2.45, 2.75) is 10.8 Å². The molecule has 0 saturated heterocycles. The molecule has 0 aliphatic heterocycles. The van der Waals surface area contributed by atoms with Gasteiger partial charge in [0.05, 0.1) is 27.6 Å². The Hall–Kier alpha value is -9.76. The molecular weight excluding hydrogens is 919 g/mol. The van der Waals surface area contributed by atoms with Crippen LogP contribution in [0, 0.1) is 0 Å². The van der Waals surface area contributed by atoms with Gasteiger partial charge in [-0.05, 0) is 131 Å². The quantitative estimate of drug-likeness (QED) is 0.158. The third kappa shape index (κ3) is 5.81. The van der Waals surface area contributed by atoms with E-state index in [1.54, 1.807) is 0 Å². The second-order valence-corrected chi connectivity index (χ2v) is 20.6. The zero-order chi connectivity index (χ0) is 50.0. The number of benzene rings is 12. The smallest absolute Gasteiger partial charge is 0.137 e. The maximum absolute atomic E-state index is 6.71. The van der Waals surface area contributed by atoms with Crippen molar-refractivity contribution in [2.24, 2.45) is 0 Å². The lowest BCUT2D eigenvalue weighted by atomic mass is 9.67. The minimum absolute atomic E-state index is 0.502. The molecule has 0 fully saturated rings. The average Bonchev–Trinajstić information content (AvgIpc) is 4.42. The first kappa shape index (κ1) is 42.7. The van der Waals surface area contributed by atoms with Crippen LogP contribution in [0.4, 0.5) is 17.1 Å². The number of hydrogen-bond acceptors (Lipinski definition) is 2. The van der Waals surface area contributed by atoms with Gasteiger partial charge in [-0.25, -0.2) is 0 Å². The Morgan fingerprint density at radius 3 is 1.33 bits per heavy atom. The van der Waals surface area contributed by atoms with Gasteiger partial charge in [0.15, 0.2) is 0 Å². The van der Waals surface area contributed by atoms with Crippen molar-refractivity contribution in [3.05, 3.63) is 330 Å². The molecule has 76 heavy (non-hydrogen) atoms. The van der Waals surface area contributed by atoms with Gasteiger partial charge in [-0.1, -0.05) is 249 Å². The molecule has 354 valence electrons. The molecule has 0 bridgehead atoms. The van der Waals surface area contributed by atoms with Crippen molar-refractivity contribution < 1.29 is 4.42 Å². The zero-order valence-corrected chi connectivity index (χ0v) is 41.5. The summed E-state index contributed by atoms with van der Waals surface area (Å²) in [5.74, 6) is 0. The van der Waals surface area contributed by atoms with Crippen LogP contribution in [0.5, 0.6) is 0 Å². The highest BCUT2D eigenvalue weighted by atomic mass is 16.3. The van der Waals surface area contributed by atoms with E-state index in [0.717, 1.165) is 39.0 Å². The molecular formula is C74H47NO. The minimum atomic E-state index is -0.622. The molecule has 2 heteroatoms. The summed E-state index contributed by atoms with van der Waals surface area (Å²) in [4.78, 5) is 2.54. The van der Waals surface area contributed by atoms with Crippen LogP contribution in [0.2, 0.25) is 0 Å². The first-order valence-corrected chi connectivity index (χ1v) is 26.4. The SMILES string of the molecule is c1ccc(-c2ccc(C3(c4ccc(-c5ccccc5)cc4)c4ccccc4-c4cc(N(c5cccc6c5-c5ccccc5C65c6ccccc6-c6ccccc65)c5cccc6oc7ccccc7c56)ccc43)cc2)cc1. The predicted molar refractivity (Wildman–Crippen MR) is 313 cm³/mol. The highest BCUT2D eigenvalue weighted by Crippen LogP contribution is 2.65. The molecule has 16 rings (SSSR count). The van der Waals surface area contributed by atoms with Gasteiger partial charge >= 0.3 is 0 Å². The van der Waals surface area contributed by atoms with Crippen molar-refractivity contribution in [2.75, 3.05) is 4.90 Å². The van der Waals surface area contributed by atoms with Gasteiger partial charge in [0, 0.05) is 16.6 Å².